The molecule has 0 bridgehead atoms. The molecule has 39 heavy (non-hydrogen) atoms. The number of benzene rings is 2. The lowest BCUT2D eigenvalue weighted by Crippen LogP contribution is -2.51. The fourth-order valence-electron chi connectivity index (χ4n) is 4.93. The van der Waals surface area contributed by atoms with Crippen LogP contribution in [0.4, 0.5) is 5.69 Å². The number of carbonyl (C=O) groups excluding carboxylic acids is 2. The molecular formula is C28H36Cl3N3O4S. The molecule has 0 saturated heterocycles. The van der Waals surface area contributed by atoms with Crippen LogP contribution in [0.2, 0.25) is 15.1 Å². The average molecular weight is 617 g/mol. The van der Waals surface area contributed by atoms with Crippen LogP contribution in [-0.2, 0) is 26.2 Å². The third-order valence-corrected chi connectivity index (χ3v) is 9.09. The Kier molecular flexibility index (Phi) is 11.8. The zero-order chi connectivity index (χ0) is 28.6. The molecule has 11 heteroatoms. The minimum atomic E-state index is -3.60. The molecule has 1 atom stereocenters. The zero-order valence-corrected chi connectivity index (χ0v) is 25.4. The maximum absolute atomic E-state index is 13.6. The molecule has 0 heterocycles. The summed E-state index contributed by atoms with van der Waals surface area (Å²) in [5, 5.41) is 4.34. The van der Waals surface area contributed by atoms with Crippen LogP contribution in [0.15, 0.2) is 42.5 Å². The SMILES string of the molecule is CC[C@@H](C(=O)NC1CCCCC1)N(Cc1ccc(Cl)c(Cl)c1)C(=O)CCCN(c1cccc(Cl)c1)S(C)(=O)=O. The van der Waals surface area contributed by atoms with Gasteiger partial charge in [-0.25, -0.2) is 8.42 Å². The summed E-state index contributed by atoms with van der Waals surface area (Å²) in [7, 11) is -3.60. The highest BCUT2D eigenvalue weighted by molar-refractivity contribution is 7.92. The number of halogens is 3. The van der Waals surface area contributed by atoms with Crippen molar-refractivity contribution in [2.45, 2.75) is 76.9 Å². The van der Waals surface area contributed by atoms with E-state index in [1.807, 2.05) is 6.92 Å². The number of nitrogens with one attached hydrogen (secondary N) is 1. The molecule has 1 aliphatic rings. The van der Waals surface area contributed by atoms with Crippen molar-refractivity contribution in [2.75, 3.05) is 17.1 Å². The van der Waals surface area contributed by atoms with Crippen LogP contribution in [0.25, 0.3) is 0 Å². The Balaban J connectivity index is 1.78. The molecule has 0 radical (unpaired) electrons. The van der Waals surface area contributed by atoms with Crippen molar-refractivity contribution >= 4 is 62.3 Å². The van der Waals surface area contributed by atoms with Crippen molar-refractivity contribution in [1.29, 1.82) is 0 Å². The van der Waals surface area contributed by atoms with Gasteiger partial charge in [-0.15, -0.1) is 0 Å². The van der Waals surface area contributed by atoms with Gasteiger partial charge in [0.2, 0.25) is 21.8 Å². The number of hydrogen-bond acceptors (Lipinski definition) is 4. The number of hydrogen-bond donors (Lipinski definition) is 1. The molecule has 0 unspecified atom stereocenters. The highest BCUT2D eigenvalue weighted by Crippen LogP contribution is 2.26. The van der Waals surface area contributed by atoms with E-state index in [4.69, 9.17) is 34.8 Å². The highest BCUT2D eigenvalue weighted by Gasteiger charge is 2.30. The zero-order valence-electron chi connectivity index (χ0n) is 22.3. The first-order valence-electron chi connectivity index (χ1n) is 13.3. The summed E-state index contributed by atoms with van der Waals surface area (Å²) in [6, 6.07) is 11.2. The van der Waals surface area contributed by atoms with Gasteiger partial charge in [0.25, 0.3) is 0 Å². The van der Waals surface area contributed by atoms with Crippen LogP contribution in [-0.4, -0.2) is 50.0 Å². The van der Waals surface area contributed by atoms with E-state index in [1.54, 1.807) is 47.4 Å². The van der Waals surface area contributed by atoms with Crippen LogP contribution in [0.3, 0.4) is 0 Å². The van der Waals surface area contributed by atoms with Gasteiger partial charge in [-0.1, -0.05) is 73.1 Å². The Morgan fingerprint density at radius 2 is 1.74 bits per heavy atom. The molecule has 1 saturated carbocycles. The van der Waals surface area contributed by atoms with Crippen LogP contribution in [0, 0.1) is 0 Å². The summed E-state index contributed by atoms with van der Waals surface area (Å²) in [5.41, 5.74) is 1.18. The minimum absolute atomic E-state index is 0.0567. The average Bonchev–Trinajstić information content (AvgIpc) is 2.88. The standard InChI is InChI=1S/C28H36Cl3N3O4S/c1-3-26(28(36)32-22-10-5-4-6-11-22)33(19-20-14-15-24(30)25(31)17-20)27(35)13-8-16-34(39(2,37)38)23-12-7-9-21(29)18-23/h7,9,12,14-15,17-18,22,26H,3-6,8,10-11,13,16,19H2,1-2H3,(H,32,36)/t26-/m0/s1. The normalized spacial score (nSPS) is 15.0. The fourth-order valence-corrected chi connectivity index (χ4v) is 6.40. The van der Waals surface area contributed by atoms with E-state index >= 15 is 0 Å². The van der Waals surface area contributed by atoms with Gasteiger partial charge in [-0.2, -0.15) is 0 Å². The van der Waals surface area contributed by atoms with E-state index in [1.165, 1.54) is 10.7 Å². The van der Waals surface area contributed by atoms with Crippen LogP contribution in [0.5, 0.6) is 0 Å². The van der Waals surface area contributed by atoms with Gasteiger partial charge in [0.05, 0.1) is 22.0 Å². The molecule has 2 aromatic rings. The third kappa shape index (κ3) is 9.27. The lowest BCUT2D eigenvalue weighted by atomic mass is 9.95. The van der Waals surface area contributed by atoms with Crippen molar-refractivity contribution in [3.63, 3.8) is 0 Å². The predicted molar refractivity (Wildman–Crippen MR) is 159 cm³/mol. The fraction of sp³-hybridized carbons (Fsp3) is 0.500. The monoisotopic (exact) mass is 615 g/mol. The van der Waals surface area contributed by atoms with E-state index < -0.39 is 16.1 Å². The predicted octanol–water partition coefficient (Wildman–Crippen LogP) is 6.45. The van der Waals surface area contributed by atoms with Crippen LogP contribution in [0.1, 0.15) is 63.9 Å². The smallest absolute Gasteiger partial charge is 0.243 e. The topological polar surface area (TPSA) is 86.8 Å². The van der Waals surface area contributed by atoms with E-state index in [0.717, 1.165) is 37.5 Å². The third-order valence-electron chi connectivity index (χ3n) is 6.92. The molecule has 1 fully saturated rings. The Morgan fingerprint density at radius 3 is 2.36 bits per heavy atom. The lowest BCUT2D eigenvalue weighted by molar-refractivity contribution is -0.141. The number of anilines is 1. The first kappa shape index (κ1) is 31.5. The molecular weight excluding hydrogens is 581 g/mol. The summed E-state index contributed by atoms with van der Waals surface area (Å²) in [6.07, 6.45) is 7.08. The molecule has 2 amide bonds. The van der Waals surface area contributed by atoms with Gasteiger partial charge in [0.1, 0.15) is 6.04 Å². The molecule has 214 valence electrons. The Bertz CT molecular complexity index is 1250. The van der Waals surface area contributed by atoms with Crippen LogP contribution >= 0.6 is 34.8 Å². The molecule has 2 aromatic carbocycles. The van der Waals surface area contributed by atoms with Gasteiger partial charge < -0.3 is 10.2 Å². The maximum atomic E-state index is 13.6. The van der Waals surface area contributed by atoms with Crippen molar-refractivity contribution in [3.8, 4) is 0 Å². The summed E-state index contributed by atoms with van der Waals surface area (Å²) in [5.74, 6) is -0.416. The van der Waals surface area contributed by atoms with E-state index in [-0.39, 0.29) is 43.8 Å². The van der Waals surface area contributed by atoms with E-state index in [0.29, 0.717) is 27.2 Å². The van der Waals surface area contributed by atoms with Crippen molar-refractivity contribution < 1.29 is 18.0 Å². The highest BCUT2D eigenvalue weighted by atomic mass is 35.5. The lowest BCUT2D eigenvalue weighted by Gasteiger charge is -2.33. The number of rotatable bonds is 12. The largest absolute Gasteiger partial charge is 0.352 e. The van der Waals surface area contributed by atoms with Gasteiger partial charge in [0.15, 0.2) is 0 Å². The van der Waals surface area contributed by atoms with Gasteiger partial charge >= 0.3 is 0 Å². The Labute approximate surface area is 246 Å². The van der Waals surface area contributed by atoms with E-state index in [2.05, 4.69) is 5.32 Å². The Morgan fingerprint density at radius 1 is 1.03 bits per heavy atom. The van der Waals surface area contributed by atoms with Crippen molar-refractivity contribution in [3.05, 3.63) is 63.1 Å². The molecule has 0 aromatic heterocycles. The Hall–Kier alpha value is -2.00. The first-order valence-corrected chi connectivity index (χ1v) is 16.2. The maximum Gasteiger partial charge on any atom is 0.243 e. The summed E-state index contributed by atoms with van der Waals surface area (Å²) < 4.78 is 26.2. The molecule has 7 nitrogen and oxygen atoms in total. The second kappa shape index (κ2) is 14.6. The van der Waals surface area contributed by atoms with Crippen LogP contribution < -0.4 is 9.62 Å². The molecule has 0 spiro atoms. The molecule has 1 N–H and O–H groups in total. The second-order valence-electron chi connectivity index (χ2n) is 9.96. The molecule has 1 aliphatic carbocycles. The number of amides is 2. The van der Waals surface area contributed by atoms with Gasteiger partial charge in [-0.3, -0.25) is 13.9 Å². The van der Waals surface area contributed by atoms with Gasteiger partial charge in [-0.05, 0) is 61.6 Å². The number of carbonyl (C=O) groups is 2. The summed E-state index contributed by atoms with van der Waals surface area (Å²) in [6.45, 7) is 2.15. The van der Waals surface area contributed by atoms with Crippen molar-refractivity contribution in [1.82, 2.24) is 10.2 Å². The number of sulfonamides is 1. The number of nitrogens with zero attached hydrogens (tertiary/aromatic N) is 2. The van der Waals surface area contributed by atoms with Crippen molar-refractivity contribution in [2.24, 2.45) is 0 Å². The molecule has 0 aliphatic heterocycles. The quantitative estimate of drug-likeness (QED) is 0.297. The first-order chi connectivity index (χ1) is 18.5. The second-order valence-corrected chi connectivity index (χ2v) is 13.1. The summed E-state index contributed by atoms with van der Waals surface area (Å²) in [4.78, 5) is 28.6. The van der Waals surface area contributed by atoms with Gasteiger partial charge in [0, 0.05) is 30.6 Å². The summed E-state index contributed by atoms with van der Waals surface area (Å²) >= 11 is 18.4. The van der Waals surface area contributed by atoms with E-state index in [9.17, 15) is 18.0 Å². The molecule has 3 rings (SSSR count). The minimum Gasteiger partial charge on any atom is -0.352 e.